The van der Waals surface area contributed by atoms with Gasteiger partial charge in [0.05, 0.1) is 6.54 Å². The average molecular weight is 268 g/mol. The number of carbonyl (C=O) groups excluding carboxylic acids is 2. The number of hydrogen-bond acceptors (Lipinski definition) is 3. The molecule has 0 aromatic carbocycles. The van der Waals surface area contributed by atoms with Gasteiger partial charge in [0.2, 0.25) is 11.8 Å². The minimum absolute atomic E-state index is 0.0112. The number of nitrogens with zero attached hydrogens (tertiary/aromatic N) is 1. The van der Waals surface area contributed by atoms with Crippen LogP contribution in [0.5, 0.6) is 0 Å². The third-order valence-electron chi connectivity index (χ3n) is 3.33. The standard InChI is InChI=1S/C13H20N2O4/c1-9(10(2)13(18)19)12(17)14-8-11(16)15-6-4-3-5-7-15/h3-8H2,1-2H3,(H,14,17)(H,18,19). The van der Waals surface area contributed by atoms with Gasteiger partial charge in [-0.3, -0.25) is 9.59 Å². The Hall–Kier alpha value is -1.85. The molecule has 1 rings (SSSR count). The number of likely N-dealkylation sites (tertiary alicyclic amines) is 1. The van der Waals surface area contributed by atoms with E-state index in [1.165, 1.54) is 13.8 Å². The summed E-state index contributed by atoms with van der Waals surface area (Å²) in [7, 11) is 0. The highest BCUT2D eigenvalue weighted by Gasteiger charge is 2.18. The maximum atomic E-state index is 11.8. The lowest BCUT2D eigenvalue weighted by atomic mass is 10.1. The summed E-state index contributed by atoms with van der Waals surface area (Å²) >= 11 is 0. The van der Waals surface area contributed by atoms with Crippen molar-refractivity contribution in [2.24, 2.45) is 0 Å². The molecule has 0 atom stereocenters. The Labute approximate surface area is 112 Å². The lowest BCUT2D eigenvalue weighted by Gasteiger charge is -2.26. The first-order valence-electron chi connectivity index (χ1n) is 6.40. The molecule has 1 heterocycles. The van der Waals surface area contributed by atoms with Crippen molar-refractivity contribution in [3.8, 4) is 0 Å². The van der Waals surface area contributed by atoms with E-state index in [9.17, 15) is 14.4 Å². The van der Waals surface area contributed by atoms with E-state index >= 15 is 0 Å². The highest BCUT2D eigenvalue weighted by molar-refractivity contribution is 6.02. The van der Waals surface area contributed by atoms with E-state index in [2.05, 4.69) is 5.32 Å². The summed E-state index contributed by atoms with van der Waals surface area (Å²) in [6.07, 6.45) is 3.13. The molecule has 0 radical (unpaired) electrons. The molecule has 0 aliphatic carbocycles. The van der Waals surface area contributed by atoms with Gasteiger partial charge in [0.25, 0.3) is 0 Å². The lowest BCUT2D eigenvalue weighted by Crippen LogP contribution is -2.42. The minimum Gasteiger partial charge on any atom is -0.478 e. The largest absolute Gasteiger partial charge is 0.478 e. The summed E-state index contributed by atoms with van der Waals surface area (Å²) in [6.45, 7) is 4.19. The van der Waals surface area contributed by atoms with E-state index < -0.39 is 11.9 Å². The molecule has 0 unspecified atom stereocenters. The van der Waals surface area contributed by atoms with E-state index in [0.717, 1.165) is 32.4 Å². The van der Waals surface area contributed by atoms with Crippen LogP contribution >= 0.6 is 0 Å². The minimum atomic E-state index is -1.13. The van der Waals surface area contributed by atoms with Crippen LogP contribution in [0.1, 0.15) is 33.1 Å². The monoisotopic (exact) mass is 268 g/mol. The summed E-state index contributed by atoms with van der Waals surface area (Å²) < 4.78 is 0. The number of aliphatic carboxylic acids is 1. The smallest absolute Gasteiger partial charge is 0.331 e. The highest BCUT2D eigenvalue weighted by Crippen LogP contribution is 2.08. The number of rotatable bonds is 4. The predicted octanol–water partition coefficient (Wildman–Crippen LogP) is 0.536. The SMILES string of the molecule is CC(C(=O)O)=C(C)C(=O)NCC(=O)N1CCCCC1. The molecule has 1 aliphatic heterocycles. The first kappa shape index (κ1) is 15.2. The molecule has 6 heteroatoms. The molecule has 0 saturated carbocycles. The van der Waals surface area contributed by atoms with Crippen molar-refractivity contribution in [1.29, 1.82) is 0 Å². The van der Waals surface area contributed by atoms with Gasteiger partial charge in [0, 0.05) is 24.2 Å². The van der Waals surface area contributed by atoms with Crippen molar-refractivity contribution in [2.45, 2.75) is 33.1 Å². The highest BCUT2D eigenvalue weighted by atomic mass is 16.4. The Morgan fingerprint density at radius 1 is 1.05 bits per heavy atom. The molecular formula is C13H20N2O4. The van der Waals surface area contributed by atoms with Gasteiger partial charge in [-0.15, -0.1) is 0 Å². The number of nitrogens with one attached hydrogen (secondary N) is 1. The molecular weight excluding hydrogens is 248 g/mol. The van der Waals surface area contributed by atoms with Crippen LogP contribution in [0.15, 0.2) is 11.1 Å². The molecule has 2 amide bonds. The van der Waals surface area contributed by atoms with E-state index in [4.69, 9.17) is 5.11 Å². The summed E-state index contributed by atoms with van der Waals surface area (Å²) in [4.78, 5) is 35.9. The second-order valence-electron chi connectivity index (χ2n) is 4.68. The number of carbonyl (C=O) groups is 3. The molecule has 0 bridgehead atoms. The molecule has 6 nitrogen and oxygen atoms in total. The van der Waals surface area contributed by atoms with Crippen LogP contribution in [-0.4, -0.2) is 47.4 Å². The van der Waals surface area contributed by atoms with Crippen LogP contribution in [-0.2, 0) is 14.4 Å². The Morgan fingerprint density at radius 2 is 1.63 bits per heavy atom. The van der Waals surface area contributed by atoms with E-state index in [1.807, 2.05) is 0 Å². The molecule has 1 aliphatic rings. The van der Waals surface area contributed by atoms with Crippen LogP contribution in [0, 0.1) is 0 Å². The van der Waals surface area contributed by atoms with Crippen LogP contribution in [0.25, 0.3) is 0 Å². The number of amides is 2. The summed E-state index contributed by atoms with van der Waals surface area (Å²) in [5.41, 5.74) is 0.113. The van der Waals surface area contributed by atoms with Gasteiger partial charge in [-0.25, -0.2) is 4.79 Å². The maximum absolute atomic E-state index is 11.8. The van der Waals surface area contributed by atoms with Gasteiger partial charge in [-0.1, -0.05) is 0 Å². The van der Waals surface area contributed by atoms with Crippen LogP contribution < -0.4 is 5.32 Å². The third-order valence-corrected chi connectivity index (χ3v) is 3.33. The molecule has 19 heavy (non-hydrogen) atoms. The van der Waals surface area contributed by atoms with Crippen molar-refractivity contribution in [2.75, 3.05) is 19.6 Å². The first-order valence-corrected chi connectivity index (χ1v) is 6.40. The van der Waals surface area contributed by atoms with Crippen molar-refractivity contribution in [1.82, 2.24) is 10.2 Å². The topological polar surface area (TPSA) is 86.7 Å². The van der Waals surface area contributed by atoms with Gasteiger partial charge in [-0.05, 0) is 33.1 Å². The zero-order valence-electron chi connectivity index (χ0n) is 11.4. The number of carboxylic acid groups (broad SMARTS) is 1. The Morgan fingerprint density at radius 3 is 2.16 bits per heavy atom. The number of piperidine rings is 1. The lowest BCUT2D eigenvalue weighted by molar-refractivity contribution is -0.133. The summed E-state index contributed by atoms with van der Waals surface area (Å²) in [5.74, 6) is -1.76. The fraction of sp³-hybridized carbons (Fsp3) is 0.615. The van der Waals surface area contributed by atoms with Gasteiger partial charge >= 0.3 is 5.97 Å². The zero-order chi connectivity index (χ0) is 14.4. The summed E-state index contributed by atoms with van der Waals surface area (Å²) in [6, 6.07) is 0. The Bertz CT molecular complexity index is 409. The maximum Gasteiger partial charge on any atom is 0.331 e. The van der Waals surface area contributed by atoms with Crippen molar-refractivity contribution < 1.29 is 19.5 Å². The van der Waals surface area contributed by atoms with Crippen LogP contribution in [0.3, 0.4) is 0 Å². The van der Waals surface area contributed by atoms with Crippen molar-refractivity contribution >= 4 is 17.8 Å². The molecule has 0 aromatic rings. The molecule has 1 saturated heterocycles. The molecule has 1 fully saturated rings. The van der Waals surface area contributed by atoms with Crippen LogP contribution in [0.2, 0.25) is 0 Å². The van der Waals surface area contributed by atoms with Gasteiger partial charge in [0.15, 0.2) is 0 Å². The van der Waals surface area contributed by atoms with Gasteiger partial charge in [-0.2, -0.15) is 0 Å². The third kappa shape index (κ3) is 4.39. The van der Waals surface area contributed by atoms with E-state index in [1.54, 1.807) is 4.90 Å². The van der Waals surface area contributed by atoms with E-state index in [-0.39, 0.29) is 23.6 Å². The van der Waals surface area contributed by atoms with Crippen molar-refractivity contribution in [3.63, 3.8) is 0 Å². The number of carboxylic acids is 1. The Kier molecular flexibility index (Phi) is 5.54. The quantitative estimate of drug-likeness (QED) is 0.728. The molecule has 0 spiro atoms. The second kappa shape index (κ2) is 6.92. The molecule has 2 N–H and O–H groups in total. The first-order chi connectivity index (χ1) is 8.93. The second-order valence-corrected chi connectivity index (χ2v) is 4.68. The average Bonchev–Trinajstić information content (AvgIpc) is 2.43. The predicted molar refractivity (Wildman–Crippen MR) is 69.5 cm³/mol. The summed E-state index contributed by atoms with van der Waals surface area (Å²) in [5, 5.41) is 11.2. The normalized spacial score (nSPS) is 16.6. The van der Waals surface area contributed by atoms with Crippen molar-refractivity contribution in [3.05, 3.63) is 11.1 Å². The fourth-order valence-electron chi connectivity index (χ4n) is 1.87. The molecule has 0 aromatic heterocycles. The van der Waals surface area contributed by atoms with Gasteiger partial charge < -0.3 is 15.3 Å². The van der Waals surface area contributed by atoms with Crippen LogP contribution in [0.4, 0.5) is 0 Å². The zero-order valence-corrected chi connectivity index (χ0v) is 11.4. The van der Waals surface area contributed by atoms with E-state index in [0.29, 0.717) is 0 Å². The van der Waals surface area contributed by atoms with Gasteiger partial charge in [0.1, 0.15) is 0 Å². The molecule has 106 valence electrons. The Balaban J connectivity index is 2.48. The number of hydrogen-bond donors (Lipinski definition) is 2. The fourth-order valence-corrected chi connectivity index (χ4v) is 1.87.